The Balaban J connectivity index is 2.37. The van der Waals surface area contributed by atoms with Gasteiger partial charge in [0.25, 0.3) is 0 Å². The van der Waals surface area contributed by atoms with Crippen molar-refractivity contribution in [3.8, 4) is 6.07 Å². The van der Waals surface area contributed by atoms with E-state index in [1.54, 1.807) is 11.9 Å². The van der Waals surface area contributed by atoms with Gasteiger partial charge in [0.15, 0.2) is 0 Å². The standard InChI is InChI=1S/C13H19N3O2/c1-11-5-6-12(18-11)9-15(2)10-13(17)16(3)8-4-7-14/h5-6H,4,8-10H2,1-3H3. The summed E-state index contributed by atoms with van der Waals surface area (Å²) in [4.78, 5) is 15.3. The third kappa shape index (κ3) is 4.60. The Morgan fingerprint density at radius 1 is 1.44 bits per heavy atom. The fourth-order valence-corrected chi connectivity index (χ4v) is 1.59. The fraction of sp³-hybridized carbons (Fsp3) is 0.538. The number of furan rings is 1. The lowest BCUT2D eigenvalue weighted by Gasteiger charge is -2.20. The maximum Gasteiger partial charge on any atom is 0.236 e. The van der Waals surface area contributed by atoms with Crippen molar-refractivity contribution in [2.45, 2.75) is 19.9 Å². The van der Waals surface area contributed by atoms with E-state index in [0.717, 1.165) is 11.5 Å². The molecule has 0 radical (unpaired) electrons. The monoisotopic (exact) mass is 249 g/mol. The van der Waals surface area contributed by atoms with Crippen LogP contribution in [0.2, 0.25) is 0 Å². The average molecular weight is 249 g/mol. The second kappa shape index (κ2) is 6.82. The molecule has 5 nitrogen and oxygen atoms in total. The number of amides is 1. The molecule has 1 amide bonds. The number of carbonyl (C=O) groups excluding carboxylic acids is 1. The lowest BCUT2D eigenvalue weighted by molar-refractivity contribution is -0.130. The van der Waals surface area contributed by atoms with Gasteiger partial charge >= 0.3 is 0 Å². The molecule has 0 N–H and O–H groups in total. The first-order chi connectivity index (χ1) is 8.52. The maximum absolute atomic E-state index is 11.8. The number of nitriles is 1. The molecule has 1 heterocycles. The first-order valence-electron chi connectivity index (χ1n) is 5.87. The van der Waals surface area contributed by atoms with E-state index < -0.39 is 0 Å². The van der Waals surface area contributed by atoms with E-state index in [1.165, 1.54) is 0 Å². The molecule has 0 bridgehead atoms. The zero-order chi connectivity index (χ0) is 13.5. The van der Waals surface area contributed by atoms with Crippen LogP contribution < -0.4 is 0 Å². The molecule has 1 aromatic rings. The summed E-state index contributed by atoms with van der Waals surface area (Å²) in [6.07, 6.45) is 0.364. The summed E-state index contributed by atoms with van der Waals surface area (Å²) in [7, 11) is 3.58. The summed E-state index contributed by atoms with van der Waals surface area (Å²) in [5.74, 6) is 1.73. The van der Waals surface area contributed by atoms with Crippen molar-refractivity contribution >= 4 is 5.91 Å². The fourth-order valence-electron chi connectivity index (χ4n) is 1.59. The van der Waals surface area contributed by atoms with Crippen LogP contribution in [-0.2, 0) is 11.3 Å². The predicted molar refractivity (Wildman–Crippen MR) is 67.6 cm³/mol. The normalized spacial score (nSPS) is 10.4. The van der Waals surface area contributed by atoms with E-state index in [-0.39, 0.29) is 5.91 Å². The number of carbonyl (C=O) groups is 1. The minimum atomic E-state index is 0.0102. The summed E-state index contributed by atoms with van der Waals surface area (Å²) >= 11 is 0. The molecule has 0 aliphatic rings. The molecule has 1 aromatic heterocycles. The molecule has 0 saturated carbocycles. The van der Waals surface area contributed by atoms with Crippen molar-refractivity contribution in [1.82, 2.24) is 9.80 Å². The highest BCUT2D eigenvalue weighted by Gasteiger charge is 2.12. The summed E-state index contributed by atoms with van der Waals surface area (Å²) < 4.78 is 5.45. The Morgan fingerprint density at radius 3 is 2.72 bits per heavy atom. The average Bonchev–Trinajstić information content (AvgIpc) is 2.71. The van der Waals surface area contributed by atoms with Crippen LogP contribution in [0.15, 0.2) is 16.5 Å². The van der Waals surface area contributed by atoms with Gasteiger partial charge in [0.05, 0.1) is 25.6 Å². The van der Waals surface area contributed by atoms with E-state index in [0.29, 0.717) is 26.1 Å². The summed E-state index contributed by atoms with van der Waals surface area (Å²) in [6, 6.07) is 5.85. The van der Waals surface area contributed by atoms with Gasteiger partial charge in [0.1, 0.15) is 11.5 Å². The van der Waals surface area contributed by atoms with Crippen LogP contribution in [0.3, 0.4) is 0 Å². The Bertz CT molecular complexity index is 434. The Labute approximate surface area is 108 Å². The molecular weight excluding hydrogens is 230 g/mol. The molecule has 0 saturated heterocycles. The molecule has 0 atom stereocenters. The Kier molecular flexibility index (Phi) is 5.40. The third-order valence-corrected chi connectivity index (χ3v) is 2.61. The largest absolute Gasteiger partial charge is 0.465 e. The molecular formula is C13H19N3O2. The lowest BCUT2D eigenvalue weighted by Crippen LogP contribution is -2.36. The highest BCUT2D eigenvalue weighted by atomic mass is 16.3. The first-order valence-corrected chi connectivity index (χ1v) is 5.87. The molecule has 1 rings (SSSR count). The number of aryl methyl sites for hydroxylation is 1. The second-order valence-corrected chi connectivity index (χ2v) is 4.41. The number of likely N-dealkylation sites (N-methyl/N-ethyl adjacent to an activating group) is 2. The number of nitrogens with zero attached hydrogens (tertiary/aromatic N) is 3. The van der Waals surface area contributed by atoms with E-state index in [1.807, 2.05) is 37.1 Å². The predicted octanol–water partition coefficient (Wildman–Crippen LogP) is 1.39. The molecule has 0 spiro atoms. The molecule has 18 heavy (non-hydrogen) atoms. The van der Waals surface area contributed by atoms with Crippen LogP contribution in [0.5, 0.6) is 0 Å². The molecule has 0 fully saturated rings. The molecule has 5 heteroatoms. The van der Waals surface area contributed by atoms with Gasteiger partial charge in [-0.25, -0.2) is 0 Å². The van der Waals surface area contributed by atoms with Crippen LogP contribution in [0, 0.1) is 18.3 Å². The summed E-state index contributed by atoms with van der Waals surface area (Å²) in [6.45, 7) is 3.29. The van der Waals surface area contributed by atoms with Crippen molar-refractivity contribution in [1.29, 1.82) is 5.26 Å². The Morgan fingerprint density at radius 2 is 2.17 bits per heavy atom. The van der Waals surface area contributed by atoms with Gasteiger partial charge in [-0.15, -0.1) is 0 Å². The van der Waals surface area contributed by atoms with Crippen LogP contribution >= 0.6 is 0 Å². The minimum Gasteiger partial charge on any atom is -0.465 e. The van der Waals surface area contributed by atoms with Gasteiger partial charge in [0.2, 0.25) is 5.91 Å². The number of hydrogen-bond acceptors (Lipinski definition) is 4. The third-order valence-electron chi connectivity index (χ3n) is 2.61. The second-order valence-electron chi connectivity index (χ2n) is 4.41. The highest BCUT2D eigenvalue weighted by Crippen LogP contribution is 2.08. The molecule has 0 aliphatic heterocycles. The van der Waals surface area contributed by atoms with Crippen LogP contribution in [0.25, 0.3) is 0 Å². The van der Waals surface area contributed by atoms with E-state index in [9.17, 15) is 4.79 Å². The van der Waals surface area contributed by atoms with Crippen molar-refractivity contribution in [3.05, 3.63) is 23.7 Å². The minimum absolute atomic E-state index is 0.0102. The number of rotatable bonds is 6. The van der Waals surface area contributed by atoms with Gasteiger partial charge in [-0.1, -0.05) is 0 Å². The highest BCUT2D eigenvalue weighted by molar-refractivity contribution is 5.77. The SMILES string of the molecule is Cc1ccc(CN(C)CC(=O)N(C)CCC#N)o1. The zero-order valence-electron chi connectivity index (χ0n) is 11.1. The quantitative estimate of drug-likeness (QED) is 0.764. The van der Waals surface area contributed by atoms with Crippen molar-refractivity contribution in [3.63, 3.8) is 0 Å². The van der Waals surface area contributed by atoms with Crippen molar-refractivity contribution in [2.75, 3.05) is 27.2 Å². The first kappa shape index (κ1) is 14.3. The zero-order valence-corrected chi connectivity index (χ0v) is 11.1. The van der Waals surface area contributed by atoms with Gasteiger partial charge in [-0.2, -0.15) is 5.26 Å². The topological polar surface area (TPSA) is 60.5 Å². The van der Waals surface area contributed by atoms with E-state index in [2.05, 4.69) is 0 Å². The Hall–Kier alpha value is -1.80. The molecule has 0 aromatic carbocycles. The van der Waals surface area contributed by atoms with E-state index >= 15 is 0 Å². The summed E-state index contributed by atoms with van der Waals surface area (Å²) in [5.41, 5.74) is 0. The molecule has 98 valence electrons. The van der Waals surface area contributed by atoms with Gasteiger partial charge in [0, 0.05) is 13.6 Å². The molecule has 0 unspecified atom stereocenters. The van der Waals surface area contributed by atoms with E-state index in [4.69, 9.17) is 9.68 Å². The lowest BCUT2D eigenvalue weighted by atomic mass is 10.3. The smallest absolute Gasteiger partial charge is 0.236 e. The van der Waals surface area contributed by atoms with Crippen molar-refractivity contribution in [2.24, 2.45) is 0 Å². The van der Waals surface area contributed by atoms with Crippen LogP contribution in [-0.4, -0.2) is 42.9 Å². The number of hydrogen-bond donors (Lipinski definition) is 0. The van der Waals surface area contributed by atoms with Crippen molar-refractivity contribution < 1.29 is 9.21 Å². The van der Waals surface area contributed by atoms with Gasteiger partial charge < -0.3 is 9.32 Å². The maximum atomic E-state index is 11.8. The van der Waals surface area contributed by atoms with Crippen LogP contribution in [0.1, 0.15) is 17.9 Å². The molecule has 0 aliphatic carbocycles. The van der Waals surface area contributed by atoms with Gasteiger partial charge in [-0.3, -0.25) is 9.69 Å². The van der Waals surface area contributed by atoms with Crippen LogP contribution in [0.4, 0.5) is 0 Å². The summed E-state index contributed by atoms with van der Waals surface area (Å²) in [5, 5.41) is 8.47. The van der Waals surface area contributed by atoms with Gasteiger partial charge in [-0.05, 0) is 26.1 Å².